The summed E-state index contributed by atoms with van der Waals surface area (Å²) in [6.07, 6.45) is 0.825. The van der Waals surface area contributed by atoms with Gasteiger partial charge in [-0.1, -0.05) is 6.92 Å². The molecule has 6 heteroatoms. The maximum absolute atomic E-state index is 13.6. The Hall–Kier alpha value is -1.82. The lowest BCUT2D eigenvalue weighted by Crippen LogP contribution is -2.05. The zero-order chi connectivity index (χ0) is 13.7. The molecule has 0 saturated carbocycles. The number of nitrogens with two attached hydrogens (primary N) is 1. The Morgan fingerprint density at radius 3 is 3.00 bits per heavy atom. The lowest BCUT2D eigenvalue weighted by atomic mass is 10.2. The van der Waals surface area contributed by atoms with Crippen LogP contribution >= 0.6 is 11.3 Å². The molecule has 0 aliphatic heterocycles. The molecule has 1 aromatic heterocycles. The Morgan fingerprint density at radius 2 is 2.32 bits per heavy atom. The molecule has 2 aromatic rings. The Kier molecular flexibility index (Phi) is 4.57. The van der Waals surface area contributed by atoms with Crippen molar-refractivity contribution in [2.75, 3.05) is 17.7 Å². The normalized spacial score (nSPS) is 10.4. The number of hydrogen-bond donors (Lipinski definition) is 2. The molecule has 0 radical (unpaired) electrons. The fraction of sp³-hybridized carbons (Fsp3) is 0.308. The SMILES string of the molecule is CCCOc1cc(NCc2cscn2)c(N)cc1F. The molecule has 0 bridgehead atoms. The van der Waals surface area contributed by atoms with Gasteiger partial charge in [-0.3, -0.25) is 0 Å². The molecule has 1 heterocycles. The van der Waals surface area contributed by atoms with E-state index in [-0.39, 0.29) is 5.75 Å². The van der Waals surface area contributed by atoms with Gasteiger partial charge in [0.05, 0.1) is 35.7 Å². The highest BCUT2D eigenvalue weighted by Crippen LogP contribution is 2.28. The number of nitrogen functional groups attached to an aromatic ring is 1. The van der Waals surface area contributed by atoms with Crippen molar-refractivity contribution in [1.29, 1.82) is 0 Å². The minimum absolute atomic E-state index is 0.219. The van der Waals surface area contributed by atoms with E-state index in [1.807, 2.05) is 12.3 Å². The van der Waals surface area contributed by atoms with Crippen LogP contribution < -0.4 is 15.8 Å². The van der Waals surface area contributed by atoms with Crippen LogP contribution in [0.3, 0.4) is 0 Å². The Balaban J connectivity index is 2.10. The lowest BCUT2D eigenvalue weighted by Gasteiger charge is -2.12. The fourth-order valence-electron chi connectivity index (χ4n) is 1.56. The molecule has 0 amide bonds. The molecule has 0 unspecified atom stereocenters. The van der Waals surface area contributed by atoms with Crippen LogP contribution in [0.4, 0.5) is 15.8 Å². The van der Waals surface area contributed by atoms with Gasteiger partial charge in [0.2, 0.25) is 0 Å². The number of halogens is 1. The number of thiazole rings is 1. The number of aromatic nitrogens is 1. The second kappa shape index (κ2) is 6.38. The van der Waals surface area contributed by atoms with Crippen molar-refractivity contribution < 1.29 is 9.13 Å². The van der Waals surface area contributed by atoms with E-state index in [0.29, 0.717) is 24.5 Å². The zero-order valence-electron chi connectivity index (χ0n) is 10.6. The number of nitrogens with one attached hydrogen (secondary N) is 1. The number of ether oxygens (including phenoxy) is 1. The third-order valence-corrected chi connectivity index (χ3v) is 3.14. The summed E-state index contributed by atoms with van der Waals surface area (Å²) in [6, 6.07) is 2.86. The minimum Gasteiger partial charge on any atom is -0.490 e. The molecule has 19 heavy (non-hydrogen) atoms. The topological polar surface area (TPSA) is 60.2 Å². The lowest BCUT2D eigenvalue weighted by molar-refractivity contribution is 0.301. The van der Waals surface area contributed by atoms with Crippen molar-refractivity contribution >= 4 is 22.7 Å². The zero-order valence-corrected chi connectivity index (χ0v) is 11.5. The van der Waals surface area contributed by atoms with Gasteiger partial charge in [0.25, 0.3) is 0 Å². The molecule has 1 aromatic carbocycles. The summed E-state index contributed by atoms with van der Waals surface area (Å²) in [5.41, 5.74) is 9.48. The van der Waals surface area contributed by atoms with Crippen LogP contribution in [-0.4, -0.2) is 11.6 Å². The first-order chi connectivity index (χ1) is 9.20. The van der Waals surface area contributed by atoms with Crippen LogP contribution in [0.1, 0.15) is 19.0 Å². The first kappa shape index (κ1) is 13.6. The van der Waals surface area contributed by atoms with Gasteiger partial charge in [-0.15, -0.1) is 11.3 Å². The molecule has 102 valence electrons. The van der Waals surface area contributed by atoms with Gasteiger partial charge >= 0.3 is 0 Å². The quantitative estimate of drug-likeness (QED) is 0.798. The van der Waals surface area contributed by atoms with Gasteiger partial charge in [-0.05, 0) is 6.42 Å². The smallest absolute Gasteiger partial charge is 0.167 e. The van der Waals surface area contributed by atoms with Gasteiger partial charge < -0.3 is 15.8 Å². The van der Waals surface area contributed by atoms with Crippen molar-refractivity contribution in [3.8, 4) is 5.75 Å². The summed E-state index contributed by atoms with van der Waals surface area (Å²) < 4.78 is 19.0. The molecular formula is C13H16FN3OS. The Bertz CT molecular complexity index is 531. The number of nitrogens with zero attached hydrogens (tertiary/aromatic N) is 1. The monoisotopic (exact) mass is 281 g/mol. The largest absolute Gasteiger partial charge is 0.490 e. The average Bonchev–Trinajstić information content (AvgIpc) is 2.90. The Morgan fingerprint density at radius 1 is 1.47 bits per heavy atom. The highest BCUT2D eigenvalue weighted by atomic mass is 32.1. The molecule has 2 rings (SSSR count). The van der Waals surface area contributed by atoms with Crippen molar-refractivity contribution in [1.82, 2.24) is 4.98 Å². The maximum atomic E-state index is 13.6. The predicted molar refractivity (Wildman–Crippen MR) is 76.0 cm³/mol. The van der Waals surface area contributed by atoms with Crippen LogP contribution in [-0.2, 0) is 6.54 Å². The summed E-state index contributed by atoms with van der Waals surface area (Å²) in [5.74, 6) is -0.220. The molecule has 0 fully saturated rings. The van der Waals surface area contributed by atoms with Crippen molar-refractivity contribution in [2.24, 2.45) is 0 Å². The third kappa shape index (κ3) is 3.57. The van der Waals surface area contributed by atoms with Crippen LogP contribution in [0.5, 0.6) is 5.75 Å². The molecule has 4 nitrogen and oxygen atoms in total. The standard InChI is InChI=1S/C13H16FN3OS/c1-2-3-18-13-5-12(11(15)4-10(13)14)16-6-9-7-19-8-17-9/h4-5,7-8,16H,2-3,6,15H2,1H3. The Labute approximate surface area is 115 Å². The van der Waals surface area contributed by atoms with E-state index < -0.39 is 5.82 Å². The molecule has 3 N–H and O–H groups in total. The van der Waals surface area contributed by atoms with E-state index in [1.165, 1.54) is 17.4 Å². The molecule has 0 aliphatic carbocycles. The van der Waals surface area contributed by atoms with E-state index in [2.05, 4.69) is 10.3 Å². The molecular weight excluding hydrogens is 265 g/mol. The van der Waals surface area contributed by atoms with Crippen LogP contribution in [0.15, 0.2) is 23.0 Å². The molecule has 0 atom stereocenters. The van der Waals surface area contributed by atoms with Crippen molar-refractivity contribution in [3.05, 3.63) is 34.5 Å². The number of rotatable bonds is 6. The summed E-state index contributed by atoms with van der Waals surface area (Å²) in [4.78, 5) is 4.16. The van der Waals surface area contributed by atoms with Gasteiger partial charge in [-0.25, -0.2) is 9.37 Å². The van der Waals surface area contributed by atoms with E-state index in [4.69, 9.17) is 10.5 Å². The average molecular weight is 281 g/mol. The summed E-state index contributed by atoms with van der Waals surface area (Å²) in [7, 11) is 0. The summed E-state index contributed by atoms with van der Waals surface area (Å²) >= 11 is 1.53. The van der Waals surface area contributed by atoms with E-state index >= 15 is 0 Å². The van der Waals surface area contributed by atoms with Gasteiger partial charge in [0.15, 0.2) is 11.6 Å². The van der Waals surface area contributed by atoms with E-state index in [9.17, 15) is 4.39 Å². The third-order valence-electron chi connectivity index (χ3n) is 2.51. The highest BCUT2D eigenvalue weighted by molar-refractivity contribution is 7.07. The van der Waals surface area contributed by atoms with E-state index in [0.717, 1.165) is 12.1 Å². The van der Waals surface area contributed by atoms with Gasteiger partial charge in [-0.2, -0.15) is 0 Å². The molecule has 0 aliphatic rings. The molecule has 0 spiro atoms. The van der Waals surface area contributed by atoms with Gasteiger partial charge in [0, 0.05) is 17.5 Å². The number of hydrogen-bond acceptors (Lipinski definition) is 5. The second-order valence-electron chi connectivity index (χ2n) is 4.05. The summed E-state index contributed by atoms with van der Waals surface area (Å²) in [6.45, 7) is 3.00. The van der Waals surface area contributed by atoms with Crippen LogP contribution in [0.2, 0.25) is 0 Å². The first-order valence-corrected chi connectivity index (χ1v) is 6.97. The fourth-order valence-corrected chi connectivity index (χ4v) is 2.11. The first-order valence-electron chi connectivity index (χ1n) is 6.03. The maximum Gasteiger partial charge on any atom is 0.167 e. The van der Waals surface area contributed by atoms with Crippen molar-refractivity contribution in [3.63, 3.8) is 0 Å². The van der Waals surface area contributed by atoms with E-state index in [1.54, 1.807) is 11.6 Å². The predicted octanol–water partition coefficient (Wildman–Crippen LogP) is 3.27. The number of anilines is 2. The van der Waals surface area contributed by atoms with Gasteiger partial charge in [0.1, 0.15) is 0 Å². The second-order valence-corrected chi connectivity index (χ2v) is 4.77. The van der Waals surface area contributed by atoms with Crippen molar-refractivity contribution in [2.45, 2.75) is 19.9 Å². The molecule has 0 saturated heterocycles. The van der Waals surface area contributed by atoms with Crippen LogP contribution in [0.25, 0.3) is 0 Å². The van der Waals surface area contributed by atoms with Crippen LogP contribution in [0, 0.1) is 5.82 Å². The summed E-state index contributed by atoms with van der Waals surface area (Å²) in [5, 5.41) is 5.08. The highest BCUT2D eigenvalue weighted by Gasteiger charge is 2.09. The number of benzene rings is 1. The minimum atomic E-state index is -0.440.